The number of amides is 3. The predicted octanol–water partition coefficient (Wildman–Crippen LogP) is 0.681. The molecule has 2 heterocycles. The van der Waals surface area contributed by atoms with E-state index in [9.17, 15) is 9.59 Å². The van der Waals surface area contributed by atoms with Gasteiger partial charge in [-0.25, -0.2) is 4.79 Å². The smallest absolute Gasteiger partial charge is 0.315 e. The molecule has 0 bridgehead atoms. The first-order chi connectivity index (χ1) is 11.1. The highest BCUT2D eigenvalue weighted by molar-refractivity contribution is 5.80. The summed E-state index contributed by atoms with van der Waals surface area (Å²) < 4.78 is 10.9. The van der Waals surface area contributed by atoms with Crippen LogP contribution < -0.4 is 16.0 Å². The molecule has 3 rings (SSSR count). The highest BCUT2D eigenvalue weighted by Gasteiger charge is 2.48. The normalized spacial score (nSPS) is 30.4. The second kappa shape index (κ2) is 7.05. The van der Waals surface area contributed by atoms with Crippen LogP contribution in [0.1, 0.15) is 44.9 Å². The van der Waals surface area contributed by atoms with Crippen molar-refractivity contribution >= 4 is 11.9 Å². The molecule has 3 N–H and O–H groups in total. The Morgan fingerprint density at radius 2 is 2.26 bits per heavy atom. The summed E-state index contributed by atoms with van der Waals surface area (Å²) in [6, 6.07) is -0.338. The molecule has 1 aliphatic carbocycles. The summed E-state index contributed by atoms with van der Waals surface area (Å²) in [5.41, 5.74) is -0.229. The number of nitrogens with one attached hydrogen (secondary N) is 3. The van der Waals surface area contributed by atoms with Gasteiger partial charge in [-0.2, -0.15) is 0 Å². The van der Waals surface area contributed by atoms with Gasteiger partial charge in [0.1, 0.15) is 0 Å². The molecule has 7 heteroatoms. The van der Waals surface area contributed by atoms with Crippen LogP contribution in [0.25, 0.3) is 0 Å². The fourth-order valence-electron chi connectivity index (χ4n) is 3.93. The zero-order valence-corrected chi connectivity index (χ0v) is 13.7. The van der Waals surface area contributed by atoms with Crippen LogP contribution in [-0.4, -0.2) is 56.0 Å². The van der Waals surface area contributed by atoms with E-state index in [-0.39, 0.29) is 35.7 Å². The van der Waals surface area contributed by atoms with E-state index >= 15 is 0 Å². The maximum absolute atomic E-state index is 12.4. The van der Waals surface area contributed by atoms with Crippen LogP contribution in [-0.2, 0) is 14.3 Å². The molecule has 0 aromatic heterocycles. The summed E-state index contributed by atoms with van der Waals surface area (Å²) in [5.74, 6) is 0.0970. The van der Waals surface area contributed by atoms with E-state index in [2.05, 4.69) is 16.0 Å². The molecule has 3 fully saturated rings. The average molecular weight is 325 g/mol. The van der Waals surface area contributed by atoms with E-state index in [1.807, 2.05) is 0 Å². The summed E-state index contributed by atoms with van der Waals surface area (Å²) in [6.45, 7) is 1.18. The van der Waals surface area contributed by atoms with Crippen LogP contribution in [0.4, 0.5) is 4.79 Å². The van der Waals surface area contributed by atoms with Gasteiger partial charge < -0.3 is 25.4 Å². The molecule has 1 saturated carbocycles. The Balaban J connectivity index is 1.56. The van der Waals surface area contributed by atoms with Crippen molar-refractivity contribution in [2.24, 2.45) is 0 Å². The Hall–Kier alpha value is -1.34. The first-order valence-electron chi connectivity index (χ1n) is 8.61. The highest BCUT2D eigenvalue weighted by Crippen LogP contribution is 2.38. The van der Waals surface area contributed by atoms with Crippen molar-refractivity contribution in [3.05, 3.63) is 0 Å². The molecule has 7 nitrogen and oxygen atoms in total. The van der Waals surface area contributed by atoms with Crippen molar-refractivity contribution in [1.82, 2.24) is 16.0 Å². The average Bonchev–Trinajstić information content (AvgIpc) is 3.01. The number of rotatable bonds is 5. The van der Waals surface area contributed by atoms with Gasteiger partial charge in [-0.15, -0.1) is 0 Å². The van der Waals surface area contributed by atoms with Gasteiger partial charge in [0.15, 0.2) is 0 Å². The number of ether oxygens (including phenoxy) is 2. The third kappa shape index (κ3) is 3.61. The Morgan fingerprint density at radius 1 is 1.43 bits per heavy atom. The minimum atomic E-state index is -0.229. The molecule has 3 aliphatic rings. The van der Waals surface area contributed by atoms with Crippen molar-refractivity contribution in [3.8, 4) is 0 Å². The van der Waals surface area contributed by atoms with E-state index in [1.54, 1.807) is 7.11 Å². The maximum atomic E-state index is 12.4. The molecule has 3 amide bonds. The summed E-state index contributed by atoms with van der Waals surface area (Å²) in [7, 11) is 1.63. The van der Waals surface area contributed by atoms with Crippen LogP contribution in [0.5, 0.6) is 0 Å². The lowest BCUT2D eigenvalue weighted by atomic mass is 9.68. The van der Waals surface area contributed by atoms with Gasteiger partial charge in [0.2, 0.25) is 5.91 Å². The van der Waals surface area contributed by atoms with E-state index < -0.39 is 0 Å². The molecular weight excluding hydrogens is 298 g/mol. The van der Waals surface area contributed by atoms with Gasteiger partial charge in [-0.3, -0.25) is 4.79 Å². The van der Waals surface area contributed by atoms with E-state index in [0.29, 0.717) is 19.4 Å². The summed E-state index contributed by atoms with van der Waals surface area (Å²) >= 11 is 0. The molecule has 0 aromatic carbocycles. The Morgan fingerprint density at radius 3 is 2.87 bits per heavy atom. The first-order valence-corrected chi connectivity index (χ1v) is 8.61. The van der Waals surface area contributed by atoms with Crippen LogP contribution in [0, 0.1) is 0 Å². The molecule has 2 saturated heterocycles. The number of methoxy groups -OCH3 is 1. The van der Waals surface area contributed by atoms with Crippen LogP contribution in [0.15, 0.2) is 0 Å². The van der Waals surface area contributed by atoms with Gasteiger partial charge >= 0.3 is 6.03 Å². The minimum Gasteiger partial charge on any atom is -0.382 e. The maximum Gasteiger partial charge on any atom is 0.315 e. The standard InChI is InChI=1S/C16H27N3O4/c1-22-10-11(12-4-2-9-23-12)17-15(21)18-13-5-6-14(20)19-16(13)7-3-8-16/h11-13H,2-10H2,1H3,(H,19,20)(H2,17,18,21)/t11-,12-,13+/m0/s1. The van der Waals surface area contributed by atoms with Crippen molar-refractivity contribution in [2.75, 3.05) is 20.3 Å². The number of hydrogen-bond donors (Lipinski definition) is 3. The van der Waals surface area contributed by atoms with Crippen molar-refractivity contribution in [3.63, 3.8) is 0 Å². The predicted molar refractivity (Wildman–Crippen MR) is 84.1 cm³/mol. The molecule has 3 atom stereocenters. The summed E-state index contributed by atoms with van der Waals surface area (Å²) in [4.78, 5) is 24.1. The topological polar surface area (TPSA) is 88.7 Å². The molecule has 0 aromatic rings. The number of hydrogen-bond acceptors (Lipinski definition) is 4. The third-order valence-corrected chi connectivity index (χ3v) is 5.34. The second-order valence-electron chi connectivity index (χ2n) is 6.88. The van der Waals surface area contributed by atoms with E-state index in [0.717, 1.165) is 38.7 Å². The van der Waals surface area contributed by atoms with Crippen LogP contribution >= 0.6 is 0 Å². The monoisotopic (exact) mass is 325 g/mol. The molecular formula is C16H27N3O4. The zero-order valence-electron chi connectivity index (χ0n) is 13.7. The molecule has 0 unspecified atom stereocenters. The molecule has 23 heavy (non-hydrogen) atoms. The quantitative estimate of drug-likeness (QED) is 0.693. The van der Waals surface area contributed by atoms with Gasteiger partial charge in [0.05, 0.1) is 30.3 Å². The fourth-order valence-corrected chi connectivity index (χ4v) is 3.93. The number of urea groups is 1. The summed E-state index contributed by atoms with van der Waals surface area (Å²) in [5, 5.41) is 9.15. The van der Waals surface area contributed by atoms with Gasteiger partial charge in [0, 0.05) is 20.1 Å². The van der Waals surface area contributed by atoms with Crippen molar-refractivity contribution in [1.29, 1.82) is 0 Å². The molecule has 1 spiro atoms. The largest absolute Gasteiger partial charge is 0.382 e. The number of piperidine rings is 1. The lowest BCUT2D eigenvalue weighted by Gasteiger charge is -2.51. The van der Waals surface area contributed by atoms with E-state index in [1.165, 1.54) is 0 Å². The van der Waals surface area contributed by atoms with Crippen LogP contribution in [0.3, 0.4) is 0 Å². The van der Waals surface area contributed by atoms with Gasteiger partial charge in [-0.05, 0) is 38.5 Å². The number of carbonyl (C=O) groups is 2. The van der Waals surface area contributed by atoms with Gasteiger partial charge in [0.25, 0.3) is 0 Å². The van der Waals surface area contributed by atoms with Crippen LogP contribution in [0.2, 0.25) is 0 Å². The minimum absolute atomic E-state index is 0.00152. The molecule has 0 radical (unpaired) electrons. The SMILES string of the molecule is COC[C@H](NC(=O)N[C@@H]1CCC(=O)NC12CCC2)[C@@H]1CCCO1. The Labute approximate surface area is 136 Å². The molecule has 2 aliphatic heterocycles. The third-order valence-electron chi connectivity index (χ3n) is 5.34. The van der Waals surface area contributed by atoms with Gasteiger partial charge in [-0.1, -0.05) is 0 Å². The molecule has 130 valence electrons. The first kappa shape index (κ1) is 16.5. The lowest BCUT2D eigenvalue weighted by Crippen LogP contribution is -2.69. The second-order valence-corrected chi connectivity index (χ2v) is 6.88. The number of carbonyl (C=O) groups excluding carboxylic acids is 2. The van der Waals surface area contributed by atoms with Crippen molar-refractivity contribution in [2.45, 2.75) is 68.7 Å². The zero-order chi connectivity index (χ0) is 16.3. The van der Waals surface area contributed by atoms with Crippen molar-refractivity contribution < 1.29 is 19.1 Å². The Kier molecular flexibility index (Phi) is 5.06. The fraction of sp³-hybridized carbons (Fsp3) is 0.875. The Bertz CT molecular complexity index is 447. The summed E-state index contributed by atoms with van der Waals surface area (Å²) in [6.07, 6.45) is 6.14. The van der Waals surface area contributed by atoms with E-state index in [4.69, 9.17) is 9.47 Å². The highest BCUT2D eigenvalue weighted by atomic mass is 16.5. The lowest BCUT2D eigenvalue weighted by molar-refractivity contribution is -0.127.